The van der Waals surface area contributed by atoms with Crippen molar-refractivity contribution >= 4 is 29.1 Å². The van der Waals surface area contributed by atoms with Crippen LogP contribution in [0.3, 0.4) is 0 Å². The number of carbonyl (C=O) groups is 3. The van der Waals surface area contributed by atoms with Gasteiger partial charge in [-0.25, -0.2) is 4.79 Å². The van der Waals surface area contributed by atoms with E-state index in [0.717, 1.165) is 11.1 Å². The van der Waals surface area contributed by atoms with Crippen LogP contribution in [-0.4, -0.2) is 28.9 Å². The number of ketones is 1. The number of carbonyl (C=O) groups excluding carboxylic acids is 3. The van der Waals surface area contributed by atoms with E-state index < -0.39 is 23.7 Å². The van der Waals surface area contributed by atoms with Crippen molar-refractivity contribution in [1.82, 2.24) is 0 Å². The molecule has 0 bridgehead atoms. The molecule has 38 heavy (non-hydrogen) atoms. The summed E-state index contributed by atoms with van der Waals surface area (Å²) in [6, 6.07) is 20.5. The molecule has 196 valence electrons. The summed E-state index contributed by atoms with van der Waals surface area (Å²) < 4.78 is 5.32. The van der Waals surface area contributed by atoms with Crippen molar-refractivity contribution in [2.45, 2.75) is 59.1 Å². The van der Waals surface area contributed by atoms with Crippen LogP contribution in [0.1, 0.15) is 73.3 Å². The van der Waals surface area contributed by atoms with E-state index in [1.165, 1.54) is 11.0 Å². The van der Waals surface area contributed by atoms with E-state index in [0.29, 0.717) is 16.8 Å². The van der Waals surface area contributed by atoms with E-state index in [-0.39, 0.29) is 28.4 Å². The normalized spacial score (nSPS) is 17.2. The quantitative estimate of drug-likeness (QED) is 0.183. The smallest absolute Gasteiger partial charge is 0.338 e. The number of nitrogens with zero attached hydrogens (tertiary/aromatic N) is 1. The van der Waals surface area contributed by atoms with Crippen molar-refractivity contribution in [3.8, 4) is 0 Å². The first-order valence-electron chi connectivity index (χ1n) is 12.7. The van der Waals surface area contributed by atoms with Gasteiger partial charge in [-0.3, -0.25) is 14.5 Å². The first kappa shape index (κ1) is 26.9. The van der Waals surface area contributed by atoms with Gasteiger partial charge in [0, 0.05) is 11.3 Å². The van der Waals surface area contributed by atoms with Gasteiger partial charge in [0.15, 0.2) is 0 Å². The van der Waals surface area contributed by atoms with E-state index in [4.69, 9.17) is 4.74 Å². The van der Waals surface area contributed by atoms with Crippen molar-refractivity contribution < 1.29 is 24.2 Å². The first-order valence-corrected chi connectivity index (χ1v) is 12.7. The van der Waals surface area contributed by atoms with Crippen LogP contribution in [0.4, 0.5) is 5.69 Å². The Balaban J connectivity index is 1.92. The molecule has 1 amide bonds. The summed E-state index contributed by atoms with van der Waals surface area (Å²) in [5.74, 6) is -2.31. The predicted octanol–water partition coefficient (Wildman–Crippen LogP) is 6.48. The summed E-state index contributed by atoms with van der Waals surface area (Å²) >= 11 is 0. The monoisotopic (exact) mass is 511 g/mol. The third kappa shape index (κ3) is 5.12. The van der Waals surface area contributed by atoms with Gasteiger partial charge in [0.25, 0.3) is 11.7 Å². The van der Waals surface area contributed by atoms with Gasteiger partial charge in [0.2, 0.25) is 0 Å². The molecule has 1 atom stereocenters. The topological polar surface area (TPSA) is 83.9 Å². The van der Waals surface area contributed by atoms with Crippen molar-refractivity contribution in [2.24, 2.45) is 0 Å². The van der Waals surface area contributed by atoms with Crippen LogP contribution in [0.15, 0.2) is 78.4 Å². The zero-order valence-electron chi connectivity index (χ0n) is 22.6. The van der Waals surface area contributed by atoms with Gasteiger partial charge in [0.05, 0.1) is 23.3 Å². The fraction of sp³-hybridized carbons (Fsp3) is 0.281. The molecule has 1 unspecified atom stereocenters. The Morgan fingerprint density at radius 2 is 1.63 bits per heavy atom. The molecule has 3 aromatic rings. The maximum absolute atomic E-state index is 13.5. The number of hydrogen-bond donors (Lipinski definition) is 1. The summed E-state index contributed by atoms with van der Waals surface area (Å²) in [5.41, 5.74) is 3.39. The Morgan fingerprint density at radius 1 is 0.947 bits per heavy atom. The number of esters is 1. The molecule has 6 nitrogen and oxygen atoms in total. The Kier molecular flexibility index (Phi) is 7.27. The average molecular weight is 512 g/mol. The summed E-state index contributed by atoms with van der Waals surface area (Å²) in [4.78, 5) is 41.0. The van der Waals surface area contributed by atoms with E-state index in [1.54, 1.807) is 32.0 Å². The number of ether oxygens (including phenoxy) is 1. The molecule has 0 aromatic heterocycles. The number of benzene rings is 3. The van der Waals surface area contributed by atoms with Gasteiger partial charge < -0.3 is 9.84 Å². The Morgan fingerprint density at radius 3 is 2.26 bits per heavy atom. The Hall–Kier alpha value is -4.19. The molecule has 1 heterocycles. The van der Waals surface area contributed by atoms with E-state index in [1.807, 2.05) is 55.5 Å². The minimum Gasteiger partial charge on any atom is -0.507 e. The highest BCUT2D eigenvalue weighted by Crippen LogP contribution is 2.43. The fourth-order valence-electron chi connectivity index (χ4n) is 4.60. The van der Waals surface area contributed by atoms with Gasteiger partial charge in [-0.1, -0.05) is 69.3 Å². The lowest BCUT2D eigenvalue weighted by Gasteiger charge is -2.26. The lowest BCUT2D eigenvalue weighted by atomic mass is 9.84. The molecular formula is C32H33NO5. The van der Waals surface area contributed by atoms with Crippen molar-refractivity contribution in [2.75, 3.05) is 4.90 Å². The lowest BCUT2D eigenvalue weighted by Crippen LogP contribution is -2.29. The number of anilines is 1. The highest BCUT2D eigenvalue weighted by atomic mass is 16.5. The number of amides is 1. The number of aliphatic hydroxyl groups is 1. The molecule has 1 N–H and O–H groups in total. The number of hydrogen-bond acceptors (Lipinski definition) is 5. The van der Waals surface area contributed by atoms with Gasteiger partial charge in [0.1, 0.15) is 5.76 Å². The molecule has 1 saturated heterocycles. The second-order valence-electron chi connectivity index (χ2n) is 10.9. The van der Waals surface area contributed by atoms with Crippen LogP contribution >= 0.6 is 0 Å². The van der Waals surface area contributed by atoms with Gasteiger partial charge in [-0.05, 0) is 67.1 Å². The van der Waals surface area contributed by atoms with Crippen LogP contribution in [0.25, 0.3) is 5.76 Å². The second-order valence-corrected chi connectivity index (χ2v) is 10.9. The minimum absolute atomic E-state index is 0.00511. The number of Topliss-reactive ketones (excluding diaryl/α,β-unsaturated/α-hetero) is 1. The average Bonchev–Trinajstić information content (AvgIpc) is 3.13. The molecule has 1 aliphatic rings. The highest BCUT2D eigenvalue weighted by molar-refractivity contribution is 6.51. The predicted molar refractivity (Wildman–Crippen MR) is 148 cm³/mol. The van der Waals surface area contributed by atoms with Gasteiger partial charge >= 0.3 is 5.97 Å². The molecule has 0 aliphatic carbocycles. The fourth-order valence-corrected chi connectivity index (χ4v) is 4.60. The standard InChI is InChI=1S/C32H33NO5/c1-19(2)38-31(37)22-13-10-14-24(17-22)33-27(21-11-8-7-9-12-21)26(29(35)30(33)36)28(34)25-18-23(32(4,5)6)16-15-20(25)3/h7-19,27,34H,1-6H3/b28-26+. The Labute approximate surface area is 223 Å². The summed E-state index contributed by atoms with van der Waals surface area (Å²) in [7, 11) is 0. The molecular weight excluding hydrogens is 478 g/mol. The van der Waals surface area contributed by atoms with Crippen LogP contribution in [0, 0.1) is 6.92 Å². The molecule has 0 spiro atoms. The van der Waals surface area contributed by atoms with Crippen molar-refractivity contribution in [3.05, 3.63) is 106 Å². The molecule has 3 aromatic carbocycles. The van der Waals surface area contributed by atoms with Crippen molar-refractivity contribution in [3.63, 3.8) is 0 Å². The van der Waals surface area contributed by atoms with Crippen LogP contribution in [-0.2, 0) is 19.7 Å². The zero-order valence-corrected chi connectivity index (χ0v) is 22.6. The van der Waals surface area contributed by atoms with E-state index in [2.05, 4.69) is 20.8 Å². The first-order chi connectivity index (χ1) is 17.9. The largest absolute Gasteiger partial charge is 0.507 e. The summed E-state index contributed by atoms with van der Waals surface area (Å²) in [6.07, 6.45) is -0.309. The molecule has 0 radical (unpaired) electrons. The molecule has 1 fully saturated rings. The molecule has 4 rings (SSSR count). The molecule has 6 heteroatoms. The van der Waals surface area contributed by atoms with E-state index in [9.17, 15) is 19.5 Å². The minimum atomic E-state index is -0.884. The van der Waals surface area contributed by atoms with Crippen LogP contribution in [0.2, 0.25) is 0 Å². The number of rotatable bonds is 5. The summed E-state index contributed by atoms with van der Waals surface area (Å²) in [6.45, 7) is 11.6. The van der Waals surface area contributed by atoms with E-state index >= 15 is 0 Å². The maximum atomic E-state index is 13.5. The van der Waals surface area contributed by atoms with Gasteiger partial charge in [-0.2, -0.15) is 0 Å². The Bertz CT molecular complexity index is 1430. The lowest BCUT2D eigenvalue weighted by molar-refractivity contribution is -0.132. The third-order valence-corrected chi connectivity index (χ3v) is 6.62. The SMILES string of the molecule is Cc1ccc(C(C)(C)C)cc1/C(O)=C1\C(=O)C(=O)N(c2cccc(C(=O)OC(C)C)c2)C1c1ccccc1. The number of aryl methyl sites for hydroxylation is 1. The third-order valence-electron chi connectivity index (χ3n) is 6.62. The molecule has 1 aliphatic heterocycles. The second kappa shape index (κ2) is 10.3. The number of aliphatic hydroxyl groups excluding tert-OH is 1. The van der Waals surface area contributed by atoms with Gasteiger partial charge in [-0.15, -0.1) is 0 Å². The molecule has 0 saturated carbocycles. The highest BCUT2D eigenvalue weighted by Gasteiger charge is 2.47. The zero-order chi connectivity index (χ0) is 27.8. The van der Waals surface area contributed by atoms with Crippen LogP contribution < -0.4 is 4.90 Å². The summed E-state index contributed by atoms with van der Waals surface area (Å²) in [5, 5.41) is 11.6. The maximum Gasteiger partial charge on any atom is 0.338 e. The van der Waals surface area contributed by atoms with Crippen molar-refractivity contribution in [1.29, 1.82) is 0 Å². The van der Waals surface area contributed by atoms with Crippen LogP contribution in [0.5, 0.6) is 0 Å².